The molecule has 0 spiro atoms. The Morgan fingerprint density at radius 3 is 2.27 bits per heavy atom. The Kier molecular flexibility index (Phi) is 4.08. The first kappa shape index (κ1) is 11.0. The zero-order valence-corrected chi connectivity index (χ0v) is 7.66. The third kappa shape index (κ3) is 3.23. The first-order chi connectivity index (χ1) is 4.93. The second-order valence-corrected chi connectivity index (χ2v) is 5.34. The molecule has 64 valence electrons. The molecule has 0 aliphatic carbocycles. The normalized spacial score (nSPS) is 15.7. The number of allylic oxidation sites excluding steroid dienone is 1. The predicted molar refractivity (Wildman–Crippen MR) is 40.6 cm³/mol. The second kappa shape index (κ2) is 4.10. The van der Waals surface area contributed by atoms with Gasteiger partial charge in [-0.25, -0.2) is 0 Å². The third-order valence-corrected chi connectivity index (χ3v) is 4.32. The Balaban J connectivity index is 4.55. The molecule has 0 rings (SSSR count). The Morgan fingerprint density at radius 1 is 1.73 bits per heavy atom. The minimum absolute atomic E-state index is 0.934. The van der Waals surface area contributed by atoms with Crippen molar-refractivity contribution < 1.29 is 23.4 Å². The minimum Gasteiger partial charge on any atom is -0.321 e. The van der Waals surface area contributed by atoms with Crippen LogP contribution in [0.1, 0.15) is 0 Å². The van der Waals surface area contributed by atoms with Gasteiger partial charge in [-0.05, 0) is 10.6 Å². The van der Waals surface area contributed by atoms with E-state index in [2.05, 4.69) is 11.1 Å². The van der Waals surface area contributed by atoms with Gasteiger partial charge in [-0.2, -0.15) is 0 Å². The zero-order chi connectivity index (χ0) is 9.07. The molecule has 7 heteroatoms. The molecule has 0 saturated heterocycles. The monoisotopic (exact) mass is 199 g/mol. The van der Waals surface area contributed by atoms with Crippen LogP contribution in [0.15, 0.2) is 12.7 Å². The molecular weight excluding hydrogens is 190 g/mol. The van der Waals surface area contributed by atoms with Crippen LogP contribution in [0.5, 0.6) is 0 Å². The number of hydrogen-bond donors (Lipinski definition) is 2. The fourth-order valence-electron chi connectivity index (χ4n) is 0.454. The van der Waals surface area contributed by atoms with Gasteiger partial charge in [0, 0.05) is 0 Å². The van der Waals surface area contributed by atoms with Crippen molar-refractivity contribution >= 4 is 15.6 Å². The lowest BCUT2D eigenvalue weighted by molar-refractivity contribution is 0.365. The maximum absolute atomic E-state index is 10.8. The molecule has 0 saturated carbocycles. The summed E-state index contributed by atoms with van der Waals surface area (Å²) in [6, 6.07) is 0. The van der Waals surface area contributed by atoms with Crippen molar-refractivity contribution in [1.82, 2.24) is 0 Å². The molecule has 2 unspecified atom stereocenters. The molecule has 0 heterocycles. The summed E-state index contributed by atoms with van der Waals surface area (Å²) in [6.07, 6.45) is 0.934. The van der Waals surface area contributed by atoms with Gasteiger partial charge in [-0.3, -0.25) is 4.57 Å². The van der Waals surface area contributed by atoms with Crippen LogP contribution in [0, 0.1) is 0 Å². The van der Waals surface area contributed by atoms with E-state index < -0.39 is 21.0 Å². The molecule has 0 aliphatic rings. The topological polar surface area (TPSA) is 83.8 Å². The van der Waals surface area contributed by atoms with Crippen LogP contribution in [-0.4, -0.2) is 22.3 Å². The van der Waals surface area contributed by atoms with E-state index in [0.717, 1.165) is 13.2 Å². The van der Waals surface area contributed by atoms with Gasteiger partial charge in [-0.1, -0.05) is 6.58 Å². The number of rotatable bonds is 4. The molecule has 0 bridgehead atoms. The molecule has 5 nitrogen and oxygen atoms in total. The fraction of sp³-hybridized carbons (Fsp3) is 0.500. The van der Waals surface area contributed by atoms with E-state index >= 15 is 0 Å². The average molecular weight is 199 g/mol. The van der Waals surface area contributed by atoms with Crippen LogP contribution in [-0.2, 0) is 13.7 Å². The van der Waals surface area contributed by atoms with Gasteiger partial charge in [0.2, 0.25) is 0 Å². The third-order valence-electron chi connectivity index (χ3n) is 0.951. The lowest BCUT2D eigenvalue weighted by Crippen LogP contribution is -1.98. The molecule has 0 amide bonds. The van der Waals surface area contributed by atoms with Crippen molar-refractivity contribution in [2.75, 3.05) is 7.11 Å². The van der Waals surface area contributed by atoms with E-state index in [1.54, 1.807) is 0 Å². The van der Waals surface area contributed by atoms with Gasteiger partial charge in [-0.15, -0.1) is 4.52 Å². The van der Waals surface area contributed by atoms with Crippen LogP contribution in [0.25, 0.3) is 0 Å². The van der Waals surface area contributed by atoms with E-state index in [9.17, 15) is 9.13 Å². The summed E-state index contributed by atoms with van der Waals surface area (Å²) in [5, 5.41) is -1.40. The van der Waals surface area contributed by atoms with Crippen molar-refractivity contribution in [3.63, 3.8) is 0 Å². The van der Waals surface area contributed by atoms with E-state index in [1.165, 1.54) is 0 Å². The Morgan fingerprint density at radius 2 is 2.18 bits per heavy atom. The maximum atomic E-state index is 10.8. The highest BCUT2D eigenvalue weighted by Gasteiger charge is 2.44. The van der Waals surface area contributed by atoms with Gasteiger partial charge in [0.15, 0.2) is 0 Å². The van der Waals surface area contributed by atoms with E-state index in [4.69, 9.17) is 9.79 Å². The van der Waals surface area contributed by atoms with Crippen molar-refractivity contribution in [2.45, 2.75) is 5.40 Å². The summed E-state index contributed by atoms with van der Waals surface area (Å²) in [4.78, 5) is 17.1. The summed E-state index contributed by atoms with van der Waals surface area (Å²) < 4.78 is 25.5. The van der Waals surface area contributed by atoms with Gasteiger partial charge in [0.1, 0.15) is 0 Å². The van der Waals surface area contributed by atoms with Crippen LogP contribution >= 0.6 is 15.6 Å². The summed E-state index contributed by atoms with van der Waals surface area (Å²) in [7, 11) is -5.62. The van der Waals surface area contributed by atoms with E-state index in [0.29, 0.717) is 0 Å². The van der Waals surface area contributed by atoms with E-state index in [1.807, 2.05) is 0 Å². The number of hydrogen-bond acceptors (Lipinski definition) is 3. The molecule has 0 aromatic carbocycles. The molecule has 0 radical (unpaired) electrons. The average Bonchev–Trinajstić information content (AvgIpc) is 1.86. The molecule has 0 fully saturated rings. The minimum atomic E-state index is -4.38. The van der Waals surface area contributed by atoms with Crippen molar-refractivity contribution in [2.24, 2.45) is 0 Å². The molecule has 0 aromatic rings. The zero-order valence-electron chi connectivity index (χ0n) is 5.88. The Hall–Kier alpha value is -0.0500. The smallest absolute Gasteiger partial charge is 0.321 e. The maximum Gasteiger partial charge on any atom is 0.528 e. The summed E-state index contributed by atoms with van der Waals surface area (Å²) >= 11 is 0. The Bertz CT molecular complexity index is 207. The summed E-state index contributed by atoms with van der Waals surface area (Å²) in [5.41, 5.74) is 0. The van der Waals surface area contributed by atoms with Gasteiger partial charge < -0.3 is 9.79 Å². The molecule has 0 aliphatic heterocycles. The highest BCUT2D eigenvalue weighted by molar-refractivity contribution is 7.66. The molecule has 2 N–H and O–H groups in total. The quantitative estimate of drug-likeness (QED) is 0.522. The first-order valence-electron chi connectivity index (χ1n) is 2.61. The SMILES string of the molecule is C=CC([P+](=O)OC)P(=O)(O)O. The van der Waals surface area contributed by atoms with Gasteiger partial charge in [0.25, 0.3) is 0 Å². The van der Waals surface area contributed by atoms with Gasteiger partial charge >= 0.3 is 21.0 Å². The van der Waals surface area contributed by atoms with Crippen LogP contribution in [0.2, 0.25) is 0 Å². The lowest BCUT2D eigenvalue weighted by atomic mass is 10.8. The van der Waals surface area contributed by atoms with Crippen LogP contribution in [0.3, 0.4) is 0 Å². The highest BCUT2D eigenvalue weighted by Crippen LogP contribution is 2.53. The summed E-state index contributed by atoms with van der Waals surface area (Å²) in [5.74, 6) is 0. The lowest BCUT2D eigenvalue weighted by Gasteiger charge is -2.01. The first-order valence-corrected chi connectivity index (χ1v) is 5.54. The standard InChI is InChI=1S/C4H8O5P2/c1-3-4(10(5)9-2)11(6,7)8/h3-4H,1H2,2H3,(H-,6,7,8)/p+1. The largest absolute Gasteiger partial charge is 0.528 e. The van der Waals surface area contributed by atoms with Crippen molar-refractivity contribution in [3.8, 4) is 0 Å². The van der Waals surface area contributed by atoms with Crippen molar-refractivity contribution in [3.05, 3.63) is 12.7 Å². The highest BCUT2D eigenvalue weighted by atomic mass is 31.2. The molecule has 2 atom stereocenters. The molecular formula is C4H9O5P2+. The van der Waals surface area contributed by atoms with E-state index in [-0.39, 0.29) is 0 Å². The van der Waals surface area contributed by atoms with Crippen molar-refractivity contribution in [1.29, 1.82) is 0 Å². The van der Waals surface area contributed by atoms with Gasteiger partial charge in [0.05, 0.1) is 7.11 Å². The van der Waals surface area contributed by atoms with Crippen LogP contribution in [0.4, 0.5) is 0 Å². The van der Waals surface area contributed by atoms with Crippen LogP contribution < -0.4 is 0 Å². The summed E-state index contributed by atoms with van der Waals surface area (Å²) in [6.45, 7) is 3.14. The molecule has 0 aromatic heterocycles. The molecule has 11 heavy (non-hydrogen) atoms. The Labute approximate surface area is 65.1 Å². The fourth-order valence-corrected chi connectivity index (χ4v) is 2.38. The second-order valence-electron chi connectivity index (χ2n) is 1.71. The predicted octanol–water partition coefficient (Wildman–Crippen LogP) is 1.06.